The Hall–Kier alpha value is -2.01. The van der Waals surface area contributed by atoms with Crippen LogP contribution in [0.4, 0.5) is 0 Å². The fraction of sp³-hybridized carbons (Fsp3) is 0.118. The lowest BCUT2D eigenvalue weighted by Gasteiger charge is -2.13. The molecule has 0 atom stereocenters. The molecule has 1 N–H and O–H groups in total. The van der Waals surface area contributed by atoms with E-state index in [0.717, 1.165) is 17.0 Å². The van der Waals surface area contributed by atoms with E-state index >= 15 is 0 Å². The normalized spacial score (nSPS) is 10.8. The van der Waals surface area contributed by atoms with Gasteiger partial charge in [0.2, 0.25) is 0 Å². The van der Waals surface area contributed by atoms with E-state index in [9.17, 15) is 5.11 Å². The largest absolute Gasteiger partial charge is 0.497 e. The number of imidazole rings is 1. The van der Waals surface area contributed by atoms with Crippen LogP contribution in [-0.4, -0.2) is 21.8 Å². The first-order valence-corrected chi connectivity index (χ1v) is 7.67. The van der Waals surface area contributed by atoms with Crippen LogP contribution >= 0.6 is 23.2 Å². The molecule has 1 aromatic heterocycles. The lowest BCUT2D eigenvalue weighted by molar-refractivity contribution is 0.275. The van der Waals surface area contributed by atoms with Gasteiger partial charge in [0, 0.05) is 16.3 Å². The molecule has 6 heteroatoms. The van der Waals surface area contributed by atoms with Gasteiger partial charge in [-0.1, -0.05) is 23.2 Å². The van der Waals surface area contributed by atoms with E-state index in [1.54, 1.807) is 25.4 Å². The first-order valence-electron chi connectivity index (χ1n) is 6.91. The first kappa shape index (κ1) is 15.9. The van der Waals surface area contributed by atoms with Crippen molar-refractivity contribution >= 4 is 23.2 Å². The van der Waals surface area contributed by atoms with Gasteiger partial charge in [-0.2, -0.15) is 0 Å². The quantitative estimate of drug-likeness (QED) is 0.762. The molecule has 3 aromatic rings. The van der Waals surface area contributed by atoms with Gasteiger partial charge in [-0.15, -0.1) is 0 Å². The van der Waals surface area contributed by atoms with Crippen LogP contribution in [0.25, 0.3) is 17.1 Å². The molecule has 1 heterocycles. The number of rotatable bonds is 4. The average Bonchev–Trinajstić information content (AvgIpc) is 2.98. The molecule has 0 radical (unpaired) electrons. The van der Waals surface area contributed by atoms with E-state index in [1.165, 1.54) is 0 Å². The summed E-state index contributed by atoms with van der Waals surface area (Å²) >= 11 is 12.3. The molecule has 0 aliphatic rings. The third-order valence-corrected chi connectivity index (χ3v) is 4.05. The summed E-state index contributed by atoms with van der Waals surface area (Å²) < 4.78 is 7.04. The first-order chi connectivity index (χ1) is 11.1. The Kier molecular flexibility index (Phi) is 4.57. The molecule has 4 nitrogen and oxygen atoms in total. The summed E-state index contributed by atoms with van der Waals surface area (Å²) in [4.78, 5) is 4.41. The number of benzene rings is 2. The van der Waals surface area contributed by atoms with E-state index in [4.69, 9.17) is 27.9 Å². The molecule has 23 heavy (non-hydrogen) atoms. The highest BCUT2D eigenvalue weighted by Crippen LogP contribution is 2.32. The maximum Gasteiger partial charge on any atom is 0.146 e. The van der Waals surface area contributed by atoms with Gasteiger partial charge in [0.1, 0.15) is 11.6 Å². The smallest absolute Gasteiger partial charge is 0.146 e. The van der Waals surface area contributed by atoms with Crippen LogP contribution in [0.15, 0.2) is 48.7 Å². The zero-order valence-electron chi connectivity index (χ0n) is 12.3. The van der Waals surface area contributed by atoms with Crippen LogP contribution in [0, 0.1) is 0 Å². The number of nitrogens with zero attached hydrogens (tertiary/aromatic N) is 2. The van der Waals surface area contributed by atoms with E-state index in [-0.39, 0.29) is 6.61 Å². The Labute approximate surface area is 143 Å². The van der Waals surface area contributed by atoms with E-state index in [2.05, 4.69) is 4.98 Å². The Bertz CT molecular complexity index is 829. The lowest BCUT2D eigenvalue weighted by Crippen LogP contribution is -2.02. The predicted molar refractivity (Wildman–Crippen MR) is 91.5 cm³/mol. The Morgan fingerprint density at radius 1 is 1.13 bits per heavy atom. The second-order valence-corrected chi connectivity index (χ2v) is 5.73. The molecule has 3 rings (SSSR count). The van der Waals surface area contributed by atoms with E-state index in [1.807, 2.05) is 34.9 Å². The molecule has 2 aromatic carbocycles. The number of aliphatic hydroxyl groups excluding tert-OH is 1. The molecule has 0 spiro atoms. The van der Waals surface area contributed by atoms with Crippen molar-refractivity contribution in [1.82, 2.24) is 9.55 Å². The molecule has 0 unspecified atom stereocenters. The van der Waals surface area contributed by atoms with Gasteiger partial charge >= 0.3 is 0 Å². The summed E-state index contributed by atoms with van der Waals surface area (Å²) in [6.45, 7) is -0.135. The Morgan fingerprint density at radius 2 is 1.87 bits per heavy atom. The highest BCUT2D eigenvalue weighted by atomic mass is 35.5. The minimum atomic E-state index is -0.135. The number of halogens is 2. The summed E-state index contributed by atoms with van der Waals surface area (Å²) in [5.41, 5.74) is 2.26. The SMILES string of the molecule is COc1ccc(-n2c(CO)cnc2-c2ccc(Cl)cc2Cl)cc1. The van der Waals surface area contributed by atoms with Crippen molar-refractivity contribution in [2.75, 3.05) is 7.11 Å². The van der Waals surface area contributed by atoms with Gasteiger partial charge in [-0.05, 0) is 42.5 Å². The summed E-state index contributed by atoms with van der Waals surface area (Å²) in [6, 6.07) is 12.7. The van der Waals surface area contributed by atoms with Crippen molar-refractivity contribution < 1.29 is 9.84 Å². The lowest BCUT2D eigenvalue weighted by atomic mass is 10.2. The fourth-order valence-electron chi connectivity index (χ4n) is 2.38. The number of ether oxygens (including phenoxy) is 1. The highest BCUT2D eigenvalue weighted by molar-refractivity contribution is 6.36. The minimum absolute atomic E-state index is 0.135. The molecular formula is C17H14Cl2N2O2. The summed E-state index contributed by atoms with van der Waals surface area (Å²) in [5, 5.41) is 10.7. The molecule has 0 aliphatic carbocycles. The number of methoxy groups -OCH3 is 1. The number of aromatic nitrogens is 2. The molecule has 0 amide bonds. The van der Waals surface area contributed by atoms with E-state index < -0.39 is 0 Å². The van der Waals surface area contributed by atoms with Gasteiger partial charge in [-0.3, -0.25) is 4.57 Å². The molecule has 118 valence electrons. The monoisotopic (exact) mass is 348 g/mol. The van der Waals surface area contributed by atoms with E-state index in [0.29, 0.717) is 21.6 Å². The second-order valence-electron chi connectivity index (χ2n) is 4.89. The van der Waals surface area contributed by atoms with Crippen LogP contribution < -0.4 is 4.74 Å². The van der Waals surface area contributed by atoms with Crippen LogP contribution in [0.5, 0.6) is 5.75 Å². The third kappa shape index (κ3) is 3.06. The zero-order chi connectivity index (χ0) is 16.4. The second kappa shape index (κ2) is 6.62. The predicted octanol–water partition coefficient (Wildman–Crippen LogP) is 4.35. The maximum atomic E-state index is 9.61. The number of hydrogen-bond donors (Lipinski definition) is 1. The van der Waals surface area contributed by atoms with Crippen LogP contribution in [0.1, 0.15) is 5.69 Å². The van der Waals surface area contributed by atoms with Gasteiger partial charge in [0.15, 0.2) is 0 Å². The Morgan fingerprint density at radius 3 is 2.48 bits per heavy atom. The summed E-state index contributed by atoms with van der Waals surface area (Å²) in [7, 11) is 1.62. The minimum Gasteiger partial charge on any atom is -0.497 e. The highest BCUT2D eigenvalue weighted by Gasteiger charge is 2.16. The van der Waals surface area contributed by atoms with Crippen molar-refractivity contribution in [3.05, 3.63) is 64.4 Å². The molecule has 0 saturated carbocycles. The van der Waals surface area contributed by atoms with Crippen LogP contribution in [0.3, 0.4) is 0 Å². The van der Waals surface area contributed by atoms with Crippen molar-refractivity contribution in [3.63, 3.8) is 0 Å². The topological polar surface area (TPSA) is 47.3 Å². The molecule has 0 fully saturated rings. The van der Waals surface area contributed by atoms with Crippen molar-refractivity contribution in [3.8, 4) is 22.8 Å². The van der Waals surface area contributed by atoms with Crippen LogP contribution in [-0.2, 0) is 6.61 Å². The van der Waals surface area contributed by atoms with Crippen molar-refractivity contribution in [2.24, 2.45) is 0 Å². The molecule has 0 aliphatic heterocycles. The molecule has 0 saturated heterocycles. The summed E-state index contributed by atoms with van der Waals surface area (Å²) in [6.07, 6.45) is 1.63. The average molecular weight is 349 g/mol. The van der Waals surface area contributed by atoms with Crippen molar-refractivity contribution in [1.29, 1.82) is 0 Å². The van der Waals surface area contributed by atoms with Gasteiger partial charge in [-0.25, -0.2) is 4.98 Å². The fourth-order valence-corrected chi connectivity index (χ4v) is 2.87. The Balaban J connectivity index is 2.17. The third-order valence-electron chi connectivity index (χ3n) is 3.50. The van der Waals surface area contributed by atoms with Crippen LogP contribution in [0.2, 0.25) is 10.0 Å². The molecule has 0 bridgehead atoms. The summed E-state index contributed by atoms with van der Waals surface area (Å²) in [5.74, 6) is 1.39. The maximum absolute atomic E-state index is 9.61. The number of aliphatic hydroxyl groups is 1. The van der Waals surface area contributed by atoms with Crippen molar-refractivity contribution in [2.45, 2.75) is 6.61 Å². The van der Waals surface area contributed by atoms with Gasteiger partial charge in [0.25, 0.3) is 0 Å². The van der Waals surface area contributed by atoms with Gasteiger partial charge < -0.3 is 9.84 Å². The number of hydrogen-bond acceptors (Lipinski definition) is 3. The molecular weight excluding hydrogens is 335 g/mol. The van der Waals surface area contributed by atoms with Gasteiger partial charge in [0.05, 0.1) is 30.6 Å². The zero-order valence-corrected chi connectivity index (χ0v) is 13.8. The standard InChI is InChI=1S/C17H14Cl2N2O2/c1-23-14-5-3-12(4-6-14)21-13(10-22)9-20-17(21)15-7-2-11(18)8-16(15)19/h2-9,22H,10H2,1H3.